The van der Waals surface area contributed by atoms with Gasteiger partial charge in [0.2, 0.25) is 0 Å². The van der Waals surface area contributed by atoms with Crippen molar-refractivity contribution in [2.75, 3.05) is 19.8 Å². The number of hydrogen-bond donors (Lipinski definition) is 1. The van der Waals surface area contributed by atoms with Crippen molar-refractivity contribution in [3.05, 3.63) is 97.2 Å². The molecule has 0 saturated heterocycles. The molecule has 0 amide bonds. The molecule has 0 aliphatic carbocycles. The van der Waals surface area contributed by atoms with Crippen LogP contribution in [0.2, 0.25) is 0 Å². The van der Waals surface area contributed by atoms with E-state index in [1.165, 1.54) is 51.4 Å². The topological polar surface area (TPSA) is 55.8 Å². The zero-order valence-electron chi connectivity index (χ0n) is 30.3. The fraction of sp³-hybridized carbons (Fsp3) is 0.605. The van der Waals surface area contributed by atoms with E-state index in [4.69, 9.17) is 9.47 Å². The molecular formula is C43H70O4. The smallest absolute Gasteiger partial charge is 0.306 e. The third kappa shape index (κ3) is 37.6. The van der Waals surface area contributed by atoms with E-state index < -0.39 is 6.10 Å². The SMILES string of the molecule is CC/C=C\C/C=C\C/C=C\C/C=C\CCCCCCCCCCCOCC(CO)OC(=O)CC/C=C\C/C=C\C/C=C\C/C=C\CC. The van der Waals surface area contributed by atoms with E-state index in [9.17, 15) is 9.90 Å². The molecule has 0 saturated carbocycles. The predicted octanol–water partition coefficient (Wildman–Crippen LogP) is 12.2. The Bertz CT molecular complexity index is 903. The van der Waals surface area contributed by atoms with Crippen LogP contribution >= 0.6 is 0 Å². The summed E-state index contributed by atoms with van der Waals surface area (Å²) in [6.45, 7) is 5.00. The molecule has 0 spiro atoms. The highest BCUT2D eigenvalue weighted by Gasteiger charge is 2.13. The Morgan fingerprint density at radius 2 is 0.894 bits per heavy atom. The van der Waals surface area contributed by atoms with Crippen LogP contribution in [-0.4, -0.2) is 37.0 Å². The maximum absolute atomic E-state index is 12.1. The molecule has 1 atom stereocenters. The van der Waals surface area contributed by atoms with E-state index in [-0.39, 0.29) is 19.2 Å². The van der Waals surface area contributed by atoms with Crippen molar-refractivity contribution >= 4 is 5.97 Å². The Labute approximate surface area is 290 Å². The first-order valence-corrected chi connectivity index (χ1v) is 18.8. The minimum absolute atomic E-state index is 0.209. The Kier molecular flexibility index (Phi) is 37.2. The highest BCUT2D eigenvalue weighted by molar-refractivity contribution is 5.69. The summed E-state index contributed by atoms with van der Waals surface area (Å²) in [6.07, 6.45) is 56.1. The Balaban J connectivity index is 3.56. The number of hydrogen-bond acceptors (Lipinski definition) is 4. The number of carbonyl (C=O) groups excluding carboxylic acids is 1. The average molecular weight is 651 g/mol. The van der Waals surface area contributed by atoms with Gasteiger partial charge in [-0.25, -0.2) is 0 Å². The number of unbranched alkanes of at least 4 members (excludes halogenated alkanes) is 9. The van der Waals surface area contributed by atoms with Gasteiger partial charge in [-0.1, -0.05) is 156 Å². The van der Waals surface area contributed by atoms with Crippen LogP contribution in [0.4, 0.5) is 0 Å². The molecule has 0 rings (SSSR count). The molecule has 0 aliphatic heterocycles. The van der Waals surface area contributed by atoms with Crippen molar-refractivity contribution in [2.45, 2.75) is 148 Å². The van der Waals surface area contributed by atoms with Crippen LogP contribution in [0.15, 0.2) is 97.2 Å². The van der Waals surface area contributed by atoms with Gasteiger partial charge in [-0.15, -0.1) is 0 Å². The highest BCUT2D eigenvalue weighted by atomic mass is 16.6. The molecule has 0 radical (unpaired) electrons. The predicted molar refractivity (Wildman–Crippen MR) is 205 cm³/mol. The van der Waals surface area contributed by atoms with Gasteiger partial charge in [-0.3, -0.25) is 4.79 Å². The van der Waals surface area contributed by atoms with E-state index in [0.717, 1.165) is 64.2 Å². The summed E-state index contributed by atoms with van der Waals surface area (Å²) in [7, 11) is 0. The molecule has 266 valence electrons. The molecule has 0 aliphatic rings. The molecular weight excluding hydrogens is 580 g/mol. The van der Waals surface area contributed by atoms with Gasteiger partial charge in [0, 0.05) is 13.0 Å². The molecule has 0 fully saturated rings. The second-order valence-corrected chi connectivity index (χ2v) is 11.9. The van der Waals surface area contributed by atoms with Crippen molar-refractivity contribution in [3.8, 4) is 0 Å². The summed E-state index contributed by atoms with van der Waals surface area (Å²) >= 11 is 0. The van der Waals surface area contributed by atoms with Gasteiger partial charge in [0.05, 0.1) is 13.2 Å². The van der Waals surface area contributed by atoms with Crippen LogP contribution in [0, 0.1) is 0 Å². The summed E-state index contributed by atoms with van der Waals surface area (Å²) in [6, 6.07) is 0. The second kappa shape index (κ2) is 39.5. The molecule has 1 unspecified atom stereocenters. The zero-order chi connectivity index (χ0) is 34.1. The van der Waals surface area contributed by atoms with Crippen molar-refractivity contribution in [2.24, 2.45) is 0 Å². The number of allylic oxidation sites excluding steroid dienone is 16. The van der Waals surface area contributed by atoms with Crippen LogP contribution in [0.5, 0.6) is 0 Å². The van der Waals surface area contributed by atoms with E-state index in [1.54, 1.807) is 0 Å². The largest absolute Gasteiger partial charge is 0.457 e. The molecule has 0 aromatic carbocycles. The first-order valence-electron chi connectivity index (χ1n) is 18.8. The van der Waals surface area contributed by atoms with E-state index in [2.05, 4.69) is 105 Å². The van der Waals surface area contributed by atoms with E-state index in [0.29, 0.717) is 19.4 Å². The third-order valence-corrected chi connectivity index (χ3v) is 7.42. The molecule has 0 aromatic rings. The Hall–Kier alpha value is -2.69. The number of esters is 1. The quantitative estimate of drug-likeness (QED) is 0.0436. The lowest BCUT2D eigenvalue weighted by Crippen LogP contribution is -2.27. The van der Waals surface area contributed by atoms with Gasteiger partial charge in [0.15, 0.2) is 0 Å². The van der Waals surface area contributed by atoms with Crippen LogP contribution in [0.3, 0.4) is 0 Å². The Morgan fingerprint density at radius 1 is 0.511 bits per heavy atom. The zero-order valence-corrected chi connectivity index (χ0v) is 30.3. The molecule has 4 heteroatoms. The van der Waals surface area contributed by atoms with Gasteiger partial charge in [0.25, 0.3) is 0 Å². The van der Waals surface area contributed by atoms with Gasteiger partial charge >= 0.3 is 5.97 Å². The third-order valence-electron chi connectivity index (χ3n) is 7.42. The number of aliphatic hydroxyl groups is 1. The molecule has 47 heavy (non-hydrogen) atoms. The number of ether oxygens (including phenoxy) is 2. The van der Waals surface area contributed by atoms with Crippen LogP contribution in [0.25, 0.3) is 0 Å². The van der Waals surface area contributed by atoms with Crippen molar-refractivity contribution in [3.63, 3.8) is 0 Å². The van der Waals surface area contributed by atoms with Gasteiger partial charge < -0.3 is 14.6 Å². The average Bonchev–Trinajstić information content (AvgIpc) is 3.08. The standard InChI is InChI=1S/C43H70O4/c1-3-5-7-9-11-13-15-17-18-19-20-21-22-23-24-25-27-29-31-33-35-37-39-46-41-42(40-44)47-43(45)38-36-34-32-30-28-26-16-14-12-10-8-6-4-2/h5-8,11-14,17-18,20-21,26,28,32,34,42,44H,3-4,9-10,15-16,19,22-25,27,29-31,33,35-41H2,1-2H3/b7-5-,8-6-,13-11-,14-12-,18-17-,21-20-,28-26-,34-32-. The molecule has 1 N–H and O–H groups in total. The minimum Gasteiger partial charge on any atom is -0.457 e. The first kappa shape index (κ1) is 44.3. The monoisotopic (exact) mass is 651 g/mol. The number of aliphatic hydroxyl groups excluding tert-OH is 1. The van der Waals surface area contributed by atoms with Gasteiger partial charge in [-0.05, 0) is 77.0 Å². The molecule has 0 heterocycles. The lowest BCUT2D eigenvalue weighted by Gasteiger charge is -2.15. The van der Waals surface area contributed by atoms with Crippen LogP contribution in [-0.2, 0) is 14.3 Å². The summed E-state index contributed by atoms with van der Waals surface area (Å²) in [5.74, 6) is -0.287. The minimum atomic E-state index is -0.581. The van der Waals surface area contributed by atoms with Gasteiger partial charge in [0.1, 0.15) is 6.10 Å². The maximum atomic E-state index is 12.1. The maximum Gasteiger partial charge on any atom is 0.306 e. The van der Waals surface area contributed by atoms with Crippen molar-refractivity contribution in [1.29, 1.82) is 0 Å². The summed E-state index contributed by atoms with van der Waals surface area (Å²) in [4.78, 5) is 12.1. The van der Waals surface area contributed by atoms with E-state index in [1.807, 2.05) is 6.08 Å². The fourth-order valence-corrected chi connectivity index (χ4v) is 4.68. The summed E-state index contributed by atoms with van der Waals surface area (Å²) in [5.41, 5.74) is 0. The molecule has 0 bridgehead atoms. The fourth-order valence-electron chi connectivity index (χ4n) is 4.68. The highest BCUT2D eigenvalue weighted by Crippen LogP contribution is 2.11. The van der Waals surface area contributed by atoms with Crippen molar-refractivity contribution < 1.29 is 19.4 Å². The van der Waals surface area contributed by atoms with Gasteiger partial charge in [-0.2, -0.15) is 0 Å². The normalized spacial score (nSPS) is 13.5. The Morgan fingerprint density at radius 3 is 1.34 bits per heavy atom. The lowest BCUT2D eigenvalue weighted by atomic mass is 10.1. The molecule has 0 aromatic heterocycles. The summed E-state index contributed by atoms with van der Waals surface area (Å²) in [5, 5.41) is 9.55. The lowest BCUT2D eigenvalue weighted by molar-refractivity contribution is -0.154. The summed E-state index contributed by atoms with van der Waals surface area (Å²) < 4.78 is 11.0. The van der Waals surface area contributed by atoms with Crippen LogP contribution < -0.4 is 0 Å². The first-order chi connectivity index (χ1) is 23.2. The number of carbonyl (C=O) groups is 1. The second-order valence-electron chi connectivity index (χ2n) is 11.9. The van der Waals surface area contributed by atoms with Crippen LogP contribution in [0.1, 0.15) is 142 Å². The molecule has 4 nitrogen and oxygen atoms in total. The van der Waals surface area contributed by atoms with Crippen molar-refractivity contribution in [1.82, 2.24) is 0 Å². The van der Waals surface area contributed by atoms with E-state index >= 15 is 0 Å². The number of rotatable bonds is 33.